The number of carbonyl (C=O) groups excluding carboxylic acids is 2. The third kappa shape index (κ3) is 3.81. The molecule has 1 heterocycles. The molecule has 5 heteroatoms. The molecule has 1 aliphatic heterocycles. The molecule has 0 aliphatic carbocycles. The van der Waals surface area contributed by atoms with Crippen LogP contribution in [-0.2, 0) is 16.0 Å². The minimum Gasteiger partial charge on any atom is -0.548 e. The summed E-state index contributed by atoms with van der Waals surface area (Å²) in [6.07, 6.45) is 0.445. The zero-order valence-electron chi connectivity index (χ0n) is 18.6. The summed E-state index contributed by atoms with van der Waals surface area (Å²) >= 11 is 0. The lowest BCUT2D eigenvalue weighted by Crippen LogP contribution is -2.54. The van der Waals surface area contributed by atoms with Gasteiger partial charge in [-0.1, -0.05) is 72.8 Å². The van der Waals surface area contributed by atoms with Crippen molar-refractivity contribution in [1.82, 2.24) is 0 Å². The van der Waals surface area contributed by atoms with Gasteiger partial charge in [-0.25, -0.2) is 0 Å². The van der Waals surface area contributed by atoms with E-state index in [9.17, 15) is 14.7 Å². The van der Waals surface area contributed by atoms with Gasteiger partial charge in [-0.3, -0.25) is 9.69 Å². The largest absolute Gasteiger partial charge is 0.548 e. The summed E-state index contributed by atoms with van der Waals surface area (Å²) in [6, 6.07) is 36.5. The van der Waals surface area contributed by atoms with E-state index in [1.165, 1.54) is 4.90 Å². The molecule has 1 amide bonds. The zero-order valence-corrected chi connectivity index (χ0v) is 19.5. The third-order valence-electron chi connectivity index (χ3n) is 6.48. The van der Waals surface area contributed by atoms with Crippen LogP contribution in [0.15, 0.2) is 115 Å². The Morgan fingerprint density at radius 1 is 0.735 bits per heavy atom. The average molecular weight is 465 g/mol. The molecule has 0 N–H and O–H groups in total. The quantitative estimate of drug-likeness (QED) is 0.395. The first-order valence-electron chi connectivity index (χ1n) is 11.3. The van der Waals surface area contributed by atoms with E-state index >= 15 is 0 Å². The van der Waals surface area contributed by atoms with Crippen LogP contribution in [0.25, 0.3) is 0 Å². The Balaban J connectivity index is 1.74. The number of hydrogen-bond donors (Lipinski definition) is 0. The first-order valence-corrected chi connectivity index (χ1v) is 13.2. The van der Waals surface area contributed by atoms with Gasteiger partial charge < -0.3 is 9.90 Å². The molecule has 0 radical (unpaired) electrons. The van der Waals surface area contributed by atoms with E-state index in [0.717, 1.165) is 21.5 Å². The van der Waals surface area contributed by atoms with Crippen molar-refractivity contribution in [2.24, 2.45) is 0 Å². The third-order valence-corrected chi connectivity index (χ3v) is 10.9. The van der Waals surface area contributed by atoms with Crippen LogP contribution in [0.1, 0.15) is 5.56 Å². The molecular weight excluding hydrogens is 441 g/mol. The Morgan fingerprint density at radius 3 is 1.65 bits per heavy atom. The van der Waals surface area contributed by atoms with Gasteiger partial charge in [0.15, 0.2) is 0 Å². The Kier molecular flexibility index (Phi) is 6.00. The topological polar surface area (TPSA) is 60.4 Å². The second-order valence-electron chi connectivity index (χ2n) is 8.40. The Bertz CT molecular complexity index is 1210. The SMILES string of the molecule is O=C([O-])C(C[P+](c1ccccc1)(c1ccccc1)c1ccccc1)N1C(=O)Cc2ccccc21. The smallest absolute Gasteiger partial charge is 0.232 e. The number of nitrogens with zero attached hydrogens (tertiary/aromatic N) is 1. The summed E-state index contributed by atoms with van der Waals surface area (Å²) in [5.41, 5.74) is 1.51. The highest BCUT2D eigenvalue weighted by molar-refractivity contribution is 7.95. The van der Waals surface area contributed by atoms with Gasteiger partial charge in [0.05, 0.1) is 18.6 Å². The number of aliphatic carboxylic acids is 1. The molecule has 4 aromatic carbocycles. The second kappa shape index (κ2) is 9.24. The fourth-order valence-corrected chi connectivity index (χ4v) is 9.35. The number of amides is 1. The van der Waals surface area contributed by atoms with E-state index in [1.54, 1.807) is 0 Å². The van der Waals surface area contributed by atoms with Gasteiger partial charge in [0.25, 0.3) is 0 Å². The summed E-state index contributed by atoms with van der Waals surface area (Å²) in [6.45, 7) is 0. The molecule has 5 rings (SSSR count). The number of carbonyl (C=O) groups is 2. The van der Waals surface area contributed by atoms with Crippen molar-refractivity contribution in [2.45, 2.75) is 12.5 Å². The first kappa shape index (κ1) is 22.1. The van der Waals surface area contributed by atoms with Crippen molar-refractivity contribution in [3.05, 3.63) is 121 Å². The summed E-state index contributed by atoms with van der Waals surface area (Å²) in [5.74, 6) is -1.44. The van der Waals surface area contributed by atoms with E-state index in [1.807, 2.05) is 78.9 Å². The van der Waals surface area contributed by atoms with Gasteiger partial charge >= 0.3 is 0 Å². The summed E-state index contributed by atoms with van der Waals surface area (Å²) in [4.78, 5) is 27.3. The summed E-state index contributed by atoms with van der Waals surface area (Å²) < 4.78 is 0. The van der Waals surface area contributed by atoms with Crippen molar-refractivity contribution in [1.29, 1.82) is 0 Å². The van der Waals surface area contributed by atoms with Crippen molar-refractivity contribution in [3.63, 3.8) is 0 Å². The molecule has 0 saturated heterocycles. The molecule has 1 unspecified atom stereocenters. The standard InChI is InChI=1S/C29H24NO3P/c31-28-20-22-12-10-11-19-26(22)30(28)27(29(32)33)21-34(23-13-4-1-5-14-23,24-15-6-2-7-16-24)25-17-8-3-9-18-25/h1-19,27H,20-21H2. The predicted molar refractivity (Wildman–Crippen MR) is 136 cm³/mol. The molecule has 34 heavy (non-hydrogen) atoms. The molecule has 4 aromatic rings. The van der Waals surface area contributed by atoms with Crippen LogP contribution in [-0.4, -0.2) is 24.1 Å². The lowest BCUT2D eigenvalue weighted by molar-refractivity contribution is -0.306. The molecule has 0 spiro atoms. The van der Waals surface area contributed by atoms with E-state index < -0.39 is 19.3 Å². The maximum Gasteiger partial charge on any atom is 0.232 e. The van der Waals surface area contributed by atoms with Crippen LogP contribution in [0.4, 0.5) is 5.69 Å². The summed E-state index contributed by atoms with van der Waals surface area (Å²) in [5, 5.41) is 15.9. The molecule has 0 fully saturated rings. The zero-order chi connectivity index (χ0) is 23.5. The highest BCUT2D eigenvalue weighted by Crippen LogP contribution is 2.56. The second-order valence-corrected chi connectivity index (χ2v) is 11.9. The van der Waals surface area contributed by atoms with Gasteiger partial charge in [0.1, 0.15) is 29.2 Å². The number of carboxylic acids is 1. The Morgan fingerprint density at radius 2 is 1.18 bits per heavy atom. The van der Waals surface area contributed by atoms with Crippen LogP contribution in [0.3, 0.4) is 0 Å². The van der Waals surface area contributed by atoms with E-state index in [4.69, 9.17) is 0 Å². The lowest BCUT2D eigenvalue weighted by atomic mass is 10.2. The van der Waals surface area contributed by atoms with E-state index in [2.05, 4.69) is 36.4 Å². The van der Waals surface area contributed by atoms with Gasteiger partial charge in [0, 0.05) is 5.69 Å². The number of carboxylic acid groups (broad SMARTS) is 1. The van der Waals surface area contributed by atoms with Crippen molar-refractivity contribution in [2.75, 3.05) is 11.1 Å². The minimum atomic E-state index is -2.47. The van der Waals surface area contributed by atoms with Gasteiger partial charge in [-0.2, -0.15) is 0 Å². The Hall–Kier alpha value is -3.75. The number of anilines is 1. The van der Waals surface area contributed by atoms with E-state index in [0.29, 0.717) is 5.69 Å². The van der Waals surface area contributed by atoms with Crippen molar-refractivity contribution >= 4 is 40.7 Å². The molecule has 1 atom stereocenters. The van der Waals surface area contributed by atoms with Crippen LogP contribution in [0.2, 0.25) is 0 Å². The van der Waals surface area contributed by atoms with Crippen molar-refractivity contribution < 1.29 is 14.7 Å². The minimum absolute atomic E-state index is 0.202. The highest BCUT2D eigenvalue weighted by atomic mass is 31.2. The molecule has 168 valence electrons. The fourth-order valence-electron chi connectivity index (χ4n) is 4.95. The first-order chi connectivity index (χ1) is 16.6. The van der Waals surface area contributed by atoms with Crippen molar-refractivity contribution in [3.8, 4) is 0 Å². The molecule has 4 nitrogen and oxygen atoms in total. The van der Waals surface area contributed by atoms with Gasteiger partial charge in [-0.15, -0.1) is 0 Å². The molecule has 0 saturated carbocycles. The van der Waals surface area contributed by atoms with E-state index in [-0.39, 0.29) is 18.5 Å². The fraction of sp³-hybridized carbons (Fsp3) is 0.103. The lowest BCUT2D eigenvalue weighted by Gasteiger charge is -2.35. The highest BCUT2D eigenvalue weighted by Gasteiger charge is 2.50. The molecular formula is C29H24NO3P. The number of hydrogen-bond acceptors (Lipinski definition) is 3. The number of rotatable bonds is 7. The number of para-hydroxylation sites is 1. The maximum atomic E-state index is 13.1. The van der Waals surface area contributed by atoms with Crippen LogP contribution < -0.4 is 25.9 Å². The normalized spacial score (nSPS) is 14.0. The van der Waals surface area contributed by atoms with Gasteiger partial charge in [-0.05, 0) is 48.0 Å². The average Bonchev–Trinajstić information content (AvgIpc) is 3.22. The van der Waals surface area contributed by atoms with Crippen LogP contribution in [0, 0.1) is 0 Å². The van der Waals surface area contributed by atoms with Crippen LogP contribution >= 0.6 is 7.26 Å². The monoisotopic (exact) mass is 465 g/mol. The molecule has 0 bridgehead atoms. The number of benzene rings is 4. The Labute approximate surface area is 199 Å². The van der Waals surface area contributed by atoms with Crippen LogP contribution in [0.5, 0.6) is 0 Å². The predicted octanol–water partition coefficient (Wildman–Crippen LogP) is 2.69. The van der Waals surface area contributed by atoms with Gasteiger partial charge in [0.2, 0.25) is 5.91 Å². The summed E-state index contributed by atoms with van der Waals surface area (Å²) in [7, 11) is -2.47. The molecule has 1 aliphatic rings. The maximum absolute atomic E-state index is 13.1. The molecule has 0 aromatic heterocycles. The number of fused-ring (bicyclic) bond motifs is 1.